The van der Waals surface area contributed by atoms with Gasteiger partial charge in [0.25, 0.3) is 0 Å². The number of aromatic nitrogens is 1. The zero-order valence-corrected chi connectivity index (χ0v) is 8.88. The minimum atomic E-state index is -1.07. The number of aryl methyl sites for hydroxylation is 1. The van der Waals surface area contributed by atoms with Crippen molar-refractivity contribution in [3.63, 3.8) is 0 Å². The number of hydrogen-bond acceptors (Lipinski definition) is 5. The second-order valence-electron chi connectivity index (χ2n) is 3.31. The van der Waals surface area contributed by atoms with E-state index in [1.807, 2.05) is 0 Å². The fourth-order valence-corrected chi connectivity index (χ4v) is 1.32. The molecule has 1 aromatic heterocycles. The highest BCUT2D eigenvalue weighted by atomic mass is 16.6. The van der Waals surface area contributed by atoms with Crippen molar-refractivity contribution in [2.45, 2.75) is 6.92 Å². The Balaban J connectivity index is 3.17. The van der Waals surface area contributed by atoms with E-state index in [1.165, 1.54) is 24.2 Å². The molecule has 1 heterocycles. The lowest BCUT2D eigenvalue weighted by Gasteiger charge is -2.15. The molecule has 0 spiro atoms. The van der Waals surface area contributed by atoms with Crippen LogP contribution in [0.5, 0.6) is 0 Å². The normalized spacial score (nSPS) is 9.88. The van der Waals surface area contributed by atoms with Crippen molar-refractivity contribution in [3.05, 3.63) is 27.9 Å². The number of likely N-dealkylation sites (N-methyl/N-ethyl adjacent to an activating group) is 1. The summed E-state index contributed by atoms with van der Waals surface area (Å²) in [5.41, 5.74) is 0.290. The number of carbonyl (C=O) groups is 1. The summed E-state index contributed by atoms with van der Waals surface area (Å²) in [5.74, 6) is -1.01. The van der Waals surface area contributed by atoms with Gasteiger partial charge >= 0.3 is 11.7 Å². The summed E-state index contributed by atoms with van der Waals surface area (Å²) in [6, 6.07) is 1.51. The van der Waals surface area contributed by atoms with Crippen LogP contribution in [0.15, 0.2) is 12.3 Å². The molecule has 0 fully saturated rings. The van der Waals surface area contributed by atoms with E-state index in [0.717, 1.165) is 0 Å². The Kier molecular flexibility index (Phi) is 3.39. The van der Waals surface area contributed by atoms with E-state index < -0.39 is 10.9 Å². The molecule has 0 unspecified atom stereocenters. The van der Waals surface area contributed by atoms with Gasteiger partial charge in [-0.25, -0.2) is 4.98 Å². The first kappa shape index (κ1) is 11.9. The van der Waals surface area contributed by atoms with Gasteiger partial charge < -0.3 is 10.0 Å². The SMILES string of the molecule is Cc1ccnc(N(C)CC(=O)O)c1[N+](=O)[O-]. The molecule has 0 radical (unpaired) electrons. The third-order valence-electron chi connectivity index (χ3n) is 2.02. The first-order valence-corrected chi connectivity index (χ1v) is 4.46. The summed E-state index contributed by atoms with van der Waals surface area (Å²) in [6.45, 7) is 1.25. The highest BCUT2D eigenvalue weighted by molar-refractivity contribution is 5.75. The Morgan fingerprint density at radius 3 is 2.81 bits per heavy atom. The number of nitro groups is 1. The van der Waals surface area contributed by atoms with E-state index in [1.54, 1.807) is 6.92 Å². The van der Waals surface area contributed by atoms with Gasteiger partial charge in [0.15, 0.2) is 0 Å². The molecule has 0 saturated heterocycles. The smallest absolute Gasteiger partial charge is 0.323 e. The van der Waals surface area contributed by atoms with Crippen LogP contribution in [0.25, 0.3) is 0 Å². The zero-order chi connectivity index (χ0) is 12.3. The Morgan fingerprint density at radius 2 is 2.31 bits per heavy atom. The Labute approximate surface area is 91.5 Å². The Morgan fingerprint density at radius 1 is 1.69 bits per heavy atom. The first-order chi connectivity index (χ1) is 7.43. The van der Waals surface area contributed by atoms with Crippen molar-refractivity contribution in [1.82, 2.24) is 4.98 Å². The summed E-state index contributed by atoms with van der Waals surface area (Å²) in [6.07, 6.45) is 1.41. The van der Waals surface area contributed by atoms with Crippen LogP contribution in [0.1, 0.15) is 5.56 Å². The van der Waals surface area contributed by atoms with Crippen molar-refractivity contribution in [1.29, 1.82) is 0 Å². The van der Waals surface area contributed by atoms with E-state index in [2.05, 4.69) is 4.98 Å². The fourth-order valence-electron chi connectivity index (χ4n) is 1.32. The minimum Gasteiger partial charge on any atom is -0.480 e. The molecule has 0 aliphatic heterocycles. The molecular weight excluding hydrogens is 214 g/mol. The lowest BCUT2D eigenvalue weighted by atomic mass is 10.2. The summed E-state index contributed by atoms with van der Waals surface area (Å²) < 4.78 is 0. The molecule has 7 heteroatoms. The lowest BCUT2D eigenvalue weighted by Crippen LogP contribution is -2.26. The van der Waals surface area contributed by atoms with Crippen LogP contribution in [0.2, 0.25) is 0 Å². The number of anilines is 1. The van der Waals surface area contributed by atoms with Crippen LogP contribution in [0.4, 0.5) is 11.5 Å². The van der Waals surface area contributed by atoms with Crippen LogP contribution in [0, 0.1) is 17.0 Å². The standard InChI is InChI=1S/C9H11N3O4/c1-6-3-4-10-9(8(6)12(15)16)11(2)5-7(13)14/h3-4H,5H2,1-2H3,(H,13,14). The monoisotopic (exact) mass is 225 g/mol. The Hall–Kier alpha value is -2.18. The molecule has 86 valence electrons. The number of aliphatic carboxylic acids is 1. The van der Waals surface area contributed by atoms with Gasteiger partial charge in [0, 0.05) is 18.8 Å². The maximum Gasteiger partial charge on any atom is 0.323 e. The molecule has 1 N–H and O–H groups in total. The van der Waals surface area contributed by atoms with Gasteiger partial charge in [-0.2, -0.15) is 0 Å². The van der Waals surface area contributed by atoms with E-state index in [-0.39, 0.29) is 18.1 Å². The summed E-state index contributed by atoms with van der Waals surface area (Å²) >= 11 is 0. The average molecular weight is 225 g/mol. The third kappa shape index (κ3) is 2.44. The maximum absolute atomic E-state index is 10.8. The van der Waals surface area contributed by atoms with Crippen LogP contribution < -0.4 is 4.90 Å². The number of carboxylic acid groups (broad SMARTS) is 1. The van der Waals surface area contributed by atoms with Crippen molar-refractivity contribution in [2.75, 3.05) is 18.5 Å². The van der Waals surface area contributed by atoms with Crippen LogP contribution >= 0.6 is 0 Å². The van der Waals surface area contributed by atoms with E-state index in [9.17, 15) is 14.9 Å². The van der Waals surface area contributed by atoms with E-state index in [0.29, 0.717) is 5.56 Å². The number of nitrogens with zero attached hydrogens (tertiary/aromatic N) is 3. The highest BCUT2D eigenvalue weighted by Gasteiger charge is 2.22. The van der Waals surface area contributed by atoms with Gasteiger partial charge in [0.2, 0.25) is 5.82 Å². The van der Waals surface area contributed by atoms with Crippen molar-refractivity contribution in [3.8, 4) is 0 Å². The van der Waals surface area contributed by atoms with Crippen LogP contribution in [0.3, 0.4) is 0 Å². The first-order valence-electron chi connectivity index (χ1n) is 4.46. The molecule has 0 aromatic carbocycles. The van der Waals surface area contributed by atoms with E-state index >= 15 is 0 Å². The number of hydrogen-bond donors (Lipinski definition) is 1. The molecule has 1 aromatic rings. The average Bonchev–Trinajstić information content (AvgIpc) is 2.15. The summed E-state index contributed by atoms with van der Waals surface area (Å²) in [4.78, 5) is 25.8. The molecule has 7 nitrogen and oxygen atoms in total. The number of rotatable bonds is 4. The van der Waals surface area contributed by atoms with Gasteiger partial charge in [0.05, 0.1) is 4.92 Å². The molecule has 0 bridgehead atoms. The van der Waals surface area contributed by atoms with Gasteiger partial charge in [-0.15, -0.1) is 0 Å². The molecule has 0 aliphatic rings. The van der Waals surface area contributed by atoms with Gasteiger partial charge in [-0.3, -0.25) is 14.9 Å². The van der Waals surface area contributed by atoms with Gasteiger partial charge in [-0.1, -0.05) is 0 Å². The molecule has 0 atom stereocenters. The second-order valence-corrected chi connectivity index (χ2v) is 3.31. The third-order valence-corrected chi connectivity index (χ3v) is 2.02. The summed E-state index contributed by atoms with van der Waals surface area (Å²) in [7, 11) is 1.45. The second kappa shape index (κ2) is 4.56. The minimum absolute atomic E-state index is 0.0624. The Bertz CT molecular complexity index is 433. The van der Waals surface area contributed by atoms with Crippen molar-refractivity contribution in [2.24, 2.45) is 0 Å². The molecule has 0 aliphatic carbocycles. The predicted octanol–water partition coefficient (Wildman–Crippen LogP) is 0.819. The van der Waals surface area contributed by atoms with E-state index in [4.69, 9.17) is 5.11 Å². The molecular formula is C9H11N3O4. The van der Waals surface area contributed by atoms with Gasteiger partial charge in [0.1, 0.15) is 6.54 Å². The van der Waals surface area contributed by atoms with Crippen LogP contribution in [-0.4, -0.2) is 34.6 Å². The lowest BCUT2D eigenvalue weighted by molar-refractivity contribution is -0.384. The highest BCUT2D eigenvalue weighted by Crippen LogP contribution is 2.27. The van der Waals surface area contributed by atoms with Crippen molar-refractivity contribution >= 4 is 17.5 Å². The molecule has 0 saturated carbocycles. The van der Waals surface area contributed by atoms with Crippen molar-refractivity contribution < 1.29 is 14.8 Å². The number of carboxylic acids is 1. The zero-order valence-electron chi connectivity index (χ0n) is 8.88. The fraction of sp³-hybridized carbons (Fsp3) is 0.333. The van der Waals surface area contributed by atoms with Gasteiger partial charge in [-0.05, 0) is 13.0 Å². The topological polar surface area (TPSA) is 96.6 Å². The quantitative estimate of drug-likeness (QED) is 0.601. The summed E-state index contributed by atoms with van der Waals surface area (Å²) in [5, 5.41) is 19.4. The van der Waals surface area contributed by atoms with Crippen LogP contribution in [-0.2, 0) is 4.79 Å². The number of pyridine rings is 1. The molecule has 16 heavy (non-hydrogen) atoms. The largest absolute Gasteiger partial charge is 0.480 e. The molecule has 0 amide bonds. The molecule has 1 rings (SSSR count). The maximum atomic E-state index is 10.8. The predicted molar refractivity (Wildman–Crippen MR) is 56.5 cm³/mol.